The molecular weight excluding hydrogens is 269 g/mol. The first kappa shape index (κ1) is 9.99. The van der Waals surface area contributed by atoms with E-state index in [1.54, 1.807) is 0 Å². The minimum absolute atomic E-state index is 1.25. The van der Waals surface area contributed by atoms with Crippen molar-refractivity contribution in [3.63, 3.8) is 0 Å². The van der Waals surface area contributed by atoms with Gasteiger partial charge < -0.3 is 5.21 Å². The zero-order valence-corrected chi connectivity index (χ0v) is 6.47. The van der Waals surface area contributed by atoms with Crippen LogP contribution in [0.3, 0.4) is 0 Å². The Morgan fingerprint density at radius 1 is 1.67 bits per heavy atom. The molecule has 0 saturated carbocycles. The topological polar surface area (TPSA) is 49.7 Å². The predicted molar refractivity (Wildman–Crippen MR) is 25.4 cm³/mol. The molecule has 0 fully saturated rings. The van der Waals surface area contributed by atoms with Crippen LogP contribution in [0.1, 0.15) is 0 Å². The van der Waals surface area contributed by atoms with Gasteiger partial charge in [-0.05, 0) is 0 Å². The summed E-state index contributed by atoms with van der Waals surface area (Å²) in [7, 11) is 0. The quantitative estimate of drug-likeness (QED) is 0.415. The van der Waals surface area contributed by atoms with Crippen molar-refractivity contribution in [2.75, 3.05) is 0 Å². The summed E-state index contributed by atoms with van der Waals surface area (Å²) in [5, 5.41) is 7.89. The molecule has 0 heterocycles. The van der Waals surface area contributed by atoms with E-state index >= 15 is 0 Å². The van der Waals surface area contributed by atoms with Gasteiger partial charge in [0.25, 0.3) is 0 Å². The molecule has 0 aliphatic carbocycles. The molecule has 0 aromatic rings. The van der Waals surface area contributed by atoms with Gasteiger partial charge in [0.15, 0.2) is 5.34 Å². The van der Waals surface area contributed by atoms with Crippen molar-refractivity contribution in [1.29, 1.82) is 0 Å². The molecule has 0 bridgehead atoms. The number of halogens is 2. The fourth-order valence-electron chi connectivity index (χ4n) is 0. The Bertz CT molecular complexity index is 25.5. The standard InChI is InChI=1S/2BrH.Cu.HNO2/c;;;2-1-3/h2*1H;;(H,2,3)/q;;+2;/p-2. The minimum atomic E-state index is 1.25. The van der Waals surface area contributed by atoms with Crippen LogP contribution in [0.25, 0.3) is 0 Å². The molecule has 1 N–H and O–H groups in total. The van der Waals surface area contributed by atoms with Crippen LogP contribution in [-0.2, 0) is 11.3 Å². The van der Waals surface area contributed by atoms with E-state index in [4.69, 9.17) is 10.1 Å². The van der Waals surface area contributed by atoms with Crippen molar-refractivity contribution < 1.29 is 16.5 Å². The van der Waals surface area contributed by atoms with Crippen molar-refractivity contribution in [3.05, 3.63) is 4.91 Å². The summed E-state index contributed by atoms with van der Waals surface area (Å²) in [5.74, 6) is 0. The summed E-state index contributed by atoms with van der Waals surface area (Å²) >= 11 is 7.38. The van der Waals surface area contributed by atoms with Crippen molar-refractivity contribution in [2.45, 2.75) is 0 Å². The van der Waals surface area contributed by atoms with E-state index in [1.807, 2.05) is 0 Å². The molecule has 0 amide bonds. The zero-order valence-electron chi connectivity index (χ0n) is 2.36. The van der Waals surface area contributed by atoms with Gasteiger partial charge in [-0.25, -0.2) is 0 Å². The van der Waals surface area contributed by atoms with Crippen molar-refractivity contribution >= 4 is 28.2 Å². The molecule has 6 heavy (non-hydrogen) atoms. The van der Waals surface area contributed by atoms with Crippen molar-refractivity contribution in [3.8, 4) is 0 Å². The Kier molecular flexibility index (Phi) is 28.1. The maximum atomic E-state index is 8.11. The summed E-state index contributed by atoms with van der Waals surface area (Å²) < 4.78 is 0. The van der Waals surface area contributed by atoms with E-state index in [0.29, 0.717) is 0 Å². The Morgan fingerprint density at radius 2 is 1.67 bits per heavy atom. The SMILES string of the molecule is O=NO.[Br][Cu][Br]. The Morgan fingerprint density at radius 3 is 1.67 bits per heavy atom. The Hall–Kier alpha value is 0.879. The van der Waals surface area contributed by atoms with Gasteiger partial charge in [-0.1, -0.05) is 0 Å². The molecule has 0 unspecified atom stereocenters. The predicted octanol–water partition coefficient (Wildman–Crippen LogP) is 1.83. The fraction of sp³-hybridized carbons (Fsp3) is 0. The molecule has 0 rings (SSSR count). The molecule has 3 nitrogen and oxygen atoms in total. The van der Waals surface area contributed by atoms with Gasteiger partial charge in [-0.2, -0.15) is 0 Å². The summed E-state index contributed by atoms with van der Waals surface area (Å²) in [4.78, 5) is 8.11. The molecule has 0 spiro atoms. The summed E-state index contributed by atoms with van der Waals surface area (Å²) in [6, 6.07) is 0. The number of nitrogens with zero attached hydrogens (tertiary/aromatic N) is 1. The molecule has 0 atom stereocenters. The van der Waals surface area contributed by atoms with E-state index in [2.05, 4.69) is 28.2 Å². The van der Waals surface area contributed by atoms with Gasteiger partial charge in [0, 0.05) is 0 Å². The summed E-state index contributed by atoms with van der Waals surface area (Å²) in [6.07, 6.45) is 0. The van der Waals surface area contributed by atoms with Gasteiger partial charge in [0.1, 0.15) is 0 Å². The van der Waals surface area contributed by atoms with E-state index < -0.39 is 0 Å². The molecule has 6 heteroatoms. The fourth-order valence-corrected chi connectivity index (χ4v) is 0. The molecule has 0 aromatic heterocycles. The third-order valence-corrected chi connectivity index (χ3v) is 0. The molecule has 0 radical (unpaired) electrons. The first-order valence-electron chi connectivity index (χ1n) is 0.610. The Balaban J connectivity index is 0. The molecule has 43 valence electrons. The molecule has 0 aliphatic heterocycles. The molecule has 0 saturated heterocycles. The summed E-state index contributed by atoms with van der Waals surface area (Å²) in [5.41, 5.74) is 0. The zero-order chi connectivity index (χ0) is 5.41. The van der Waals surface area contributed by atoms with E-state index in [9.17, 15) is 0 Å². The second-order valence-electron chi connectivity index (χ2n) is 0.125. The van der Waals surface area contributed by atoms with Crippen LogP contribution in [0.4, 0.5) is 0 Å². The van der Waals surface area contributed by atoms with Gasteiger partial charge in [-0.15, -0.1) is 4.91 Å². The van der Waals surface area contributed by atoms with Crippen molar-refractivity contribution in [1.82, 2.24) is 0 Å². The second kappa shape index (κ2) is 16.9. The molecular formula is HBr2CuNO2. The van der Waals surface area contributed by atoms with E-state index in [0.717, 1.165) is 0 Å². The number of hydrogen-bond donors (Lipinski definition) is 1. The second-order valence-corrected chi connectivity index (χ2v) is 4.88. The molecule has 0 aliphatic rings. The monoisotopic (exact) mass is 268 g/mol. The summed E-state index contributed by atoms with van der Waals surface area (Å²) in [6.45, 7) is 0. The van der Waals surface area contributed by atoms with Gasteiger partial charge >= 0.3 is 39.6 Å². The van der Waals surface area contributed by atoms with Crippen LogP contribution in [0.5, 0.6) is 0 Å². The van der Waals surface area contributed by atoms with Crippen LogP contribution in [-0.4, -0.2) is 5.21 Å². The average Bonchev–Trinajstić information content (AvgIpc) is 1.39. The van der Waals surface area contributed by atoms with Gasteiger partial charge in [0.05, 0.1) is 0 Å². The van der Waals surface area contributed by atoms with Crippen LogP contribution >= 0.6 is 28.2 Å². The Labute approximate surface area is 55.0 Å². The first-order chi connectivity index (χ1) is 2.83. The van der Waals surface area contributed by atoms with Crippen LogP contribution in [0.2, 0.25) is 0 Å². The van der Waals surface area contributed by atoms with Crippen LogP contribution in [0, 0.1) is 4.91 Å². The first-order valence-corrected chi connectivity index (χ1v) is 5.27. The van der Waals surface area contributed by atoms with Crippen LogP contribution < -0.4 is 0 Å². The third-order valence-electron chi connectivity index (χ3n) is 0. The average molecular weight is 270 g/mol. The van der Waals surface area contributed by atoms with E-state index in [-0.39, 0.29) is 0 Å². The number of hydrogen-bond acceptors (Lipinski definition) is 2. The van der Waals surface area contributed by atoms with Crippen molar-refractivity contribution in [2.24, 2.45) is 5.34 Å². The normalized spacial score (nSPS) is 5.67. The van der Waals surface area contributed by atoms with Gasteiger partial charge in [0.2, 0.25) is 0 Å². The number of rotatable bonds is 0. The van der Waals surface area contributed by atoms with E-state index in [1.165, 1.54) is 16.7 Å². The maximum absolute atomic E-state index is 8.11. The molecule has 0 aromatic carbocycles. The third kappa shape index (κ3) is 94.9. The van der Waals surface area contributed by atoms with Gasteiger partial charge in [-0.3, -0.25) is 0 Å². The van der Waals surface area contributed by atoms with Crippen LogP contribution in [0.15, 0.2) is 5.34 Å².